The van der Waals surface area contributed by atoms with Crippen LogP contribution in [0.2, 0.25) is 0 Å². The zero-order valence-electron chi connectivity index (χ0n) is 16.3. The summed E-state index contributed by atoms with van der Waals surface area (Å²) >= 11 is 0. The Morgan fingerprint density at radius 3 is 2.46 bits per heavy atom. The minimum atomic E-state index is -0.130. The van der Waals surface area contributed by atoms with Gasteiger partial charge in [0.2, 0.25) is 5.91 Å². The molecule has 0 bridgehead atoms. The van der Waals surface area contributed by atoms with E-state index in [-0.39, 0.29) is 18.4 Å². The van der Waals surface area contributed by atoms with E-state index in [0.717, 1.165) is 27.9 Å². The van der Waals surface area contributed by atoms with Crippen molar-refractivity contribution in [2.75, 3.05) is 31.6 Å². The van der Waals surface area contributed by atoms with Gasteiger partial charge >= 0.3 is 0 Å². The molecule has 28 heavy (non-hydrogen) atoms. The topological polar surface area (TPSA) is 54.8 Å². The standard InChI is InChI=1S/C22H23N3O3/c1-15-4-7-17(8-5-15)25-11-10-24(14-21(25)26)22(27)20-12-16-6-9-18(28-3)13-19(16)23(20)2/h4-9,12-13H,10-11,14H2,1-3H3. The van der Waals surface area contributed by atoms with E-state index >= 15 is 0 Å². The lowest BCUT2D eigenvalue weighted by Gasteiger charge is -2.34. The van der Waals surface area contributed by atoms with Gasteiger partial charge in [-0.25, -0.2) is 0 Å². The van der Waals surface area contributed by atoms with E-state index in [2.05, 4.69) is 0 Å². The van der Waals surface area contributed by atoms with Crippen LogP contribution >= 0.6 is 0 Å². The van der Waals surface area contributed by atoms with Gasteiger partial charge in [0.05, 0.1) is 12.6 Å². The monoisotopic (exact) mass is 377 g/mol. The summed E-state index contributed by atoms with van der Waals surface area (Å²) in [6.45, 7) is 3.09. The van der Waals surface area contributed by atoms with Crippen molar-refractivity contribution >= 4 is 28.4 Å². The molecule has 0 radical (unpaired) electrons. The van der Waals surface area contributed by atoms with Crippen LogP contribution in [0.4, 0.5) is 5.69 Å². The number of carbonyl (C=O) groups is 2. The Morgan fingerprint density at radius 1 is 1.04 bits per heavy atom. The van der Waals surface area contributed by atoms with Gasteiger partial charge < -0.3 is 19.1 Å². The molecule has 1 aliphatic rings. The molecule has 1 saturated heterocycles. The number of fused-ring (bicyclic) bond motifs is 1. The molecule has 2 aromatic carbocycles. The van der Waals surface area contributed by atoms with Gasteiger partial charge in [-0.15, -0.1) is 0 Å². The molecule has 4 rings (SSSR count). The van der Waals surface area contributed by atoms with Gasteiger partial charge in [0.15, 0.2) is 0 Å². The lowest BCUT2D eigenvalue weighted by atomic mass is 10.2. The van der Waals surface area contributed by atoms with Gasteiger partial charge in [-0.3, -0.25) is 9.59 Å². The minimum absolute atomic E-state index is 0.0658. The van der Waals surface area contributed by atoms with Crippen LogP contribution in [0.5, 0.6) is 5.75 Å². The molecule has 0 N–H and O–H groups in total. The molecule has 1 aromatic heterocycles. The molecule has 0 saturated carbocycles. The Labute approximate surface area is 163 Å². The van der Waals surface area contributed by atoms with Crippen LogP contribution < -0.4 is 9.64 Å². The number of nitrogens with zero attached hydrogens (tertiary/aromatic N) is 3. The fourth-order valence-corrected chi connectivity index (χ4v) is 3.65. The van der Waals surface area contributed by atoms with Crippen molar-refractivity contribution in [3.8, 4) is 5.75 Å². The Hall–Kier alpha value is -3.28. The van der Waals surface area contributed by atoms with E-state index in [9.17, 15) is 9.59 Å². The fraction of sp³-hybridized carbons (Fsp3) is 0.273. The first kappa shape index (κ1) is 18.1. The Morgan fingerprint density at radius 2 is 1.79 bits per heavy atom. The molecular formula is C22H23N3O3. The first-order valence-corrected chi connectivity index (χ1v) is 9.27. The maximum Gasteiger partial charge on any atom is 0.271 e. The molecule has 1 aliphatic heterocycles. The van der Waals surface area contributed by atoms with Gasteiger partial charge in [0.25, 0.3) is 5.91 Å². The summed E-state index contributed by atoms with van der Waals surface area (Å²) < 4.78 is 7.14. The van der Waals surface area contributed by atoms with Gasteiger partial charge in [-0.05, 0) is 37.3 Å². The second-order valence-corrected chi connectivity index (χ2v) is 7.12. The number of anilines is 1. The highest BCUT2D eigenvalue weighted by Crippen LogP contribution is 2.25. The predicted molar refractivity (Wildman–Crippen MR) is 109 cm³/mol. The Bertz CT molecular complexity index is 1050. The molecule has 0 unspecified atom stereocenters. The average molecular weight is 377 g/mol. The molecule has 3 aromatic rings. The van der Waals surface area contributed by atoms with E-state index in [1.54, 1.807) is 16.9 Å². The van der Waals surface area contributed by atoms with E-state index in [4.69, 9.17) is 4.74 Å². The number of carbonyl (C=O) groups excluding carboxylic acids is 2. The maximum atomic E-state index is 13.1. The fourth-order valence-electron chi connectivity index (χ4n) is 3.65. The van der Waals surface area contributed by atoms with Crippen LogP contribution in [0.3, 0.4) is 0 Å². The number of aromatic nitrogens is 1. The van der Waals surface area contributed by atoms with E-state index in [1.165, 1.54) is 0 Å². The third-order valence-electron chi connectivity index (χ3n) is 5.33. The highest BCUT2D eigenvalue weighted by atomic mass is 16.5. The van der Waals surface area contributed by atoms with Crippen molar-refractivity contribution in [1.82, 2.24) is 9.47 Å². The SMILES string of the molecule is COc1ccc2cc(C(=O)N3CCN(c4ccc(C)cc4)C(=O)C3)n(C)c2c1. The number of hydrogen-bond donors (Lipinski definition) is 0. The lowest BCUT2D eigenvalue weighted by molar-refractivity contribution is -0.120. The molecule has 6 heteroatoms. The van der Waals surface area contributed by atoms with Crippen LogP contribution in [-0.4, -0.2) is 48.0 Å². The van der Waals surface area contributed by atoms with Crippen molar-refractivity contribution in [2.24, 2.45) is 7.05 Å². The quantitative estimate of drug-likeness (QED) is 0.705. The number of methoxy groups -OCH3 is 1. The molecule has 0 atom stereocenters. The van der Waals surface area contributed by atoms with Crippen molar-refractivity contribution in [2.45, 2.75) is 6.92 Å². The summed E-state index contributed by atoms with van der Waals surface area (Å²) in [7, 11) is 3.48. The van der Waals surface area contributed by atoms with Crippen molar-refractivity contribution in [1.29, 1.82) is 0 Å². The molecule has 0 aliphatic carbocycles. The van der Waals surface area contributed by atoms with Crippen LogP contribution in [0.15, 0.2) is 48.5 Å². The first-order valence-electron chi connectivity index (χ1n) is 9.27. The molecule has 6 nitrogen and oxygen atoms in total. The zero-order chi connectivity index (χ0) is 19.8. The average Bonchev–Trinajstić information content (AvgIpc) is 3.04. The molecular weight excluding hydrogens is 354 g/mol. The number of piperazine rings is 1. The second-order valence-electron chi connectivity index (χ2n) is 7.12. The Kier molecular flexibility index (Phi) is 4.55. The van der Waals surface area contributed by atoms with Gasteiger partial charge in [0, 0.05) is 37.3 Å². The number of ether oxygens (including phenoxy) is 1. The highest BCUT2D eigenvalue weighted by molar-refractivity contribution is 6.03. The Balaban J connectivity index is 1.55. The first-order chi connectivity index (χ1) is 13.5. The number of benzene rings is 2. The summed E-state index contributed by atoms with van der Waals surface area (Å²) in [4.78, 5) is 29.1. The second kappa shape index (κ2) is 7.03. The zero-order valence-corrected chi connectivity index (χ0v) is 16.3. The number of hydrogen-bond acceptors (Lipinski definition) is 3. The molecule has 2 heterocycles. The van der Waals surface area contributed by atoms with Crippen LogP contribution in [0.1, 0.15) is 16.1 Å². The van der Waals surface area contributed by atoms with Crippen molar-refractivity contribution in [3.05, 3.63) is 59.8 Å². The maximum absolute atomic E-state index is 13.1. The summed E-state index contributed by atoms with van der Waals surface area (Å²) in [6.07, 6.45) is 0. The third-order valence-corrected chi connectivity index (χ3v) is 5.33. The lowest BCUT2D eigenvalue weighted by Crippen LogP contribution is -2.52. The van der Waals surface area contributed by atoms with E-state index < -0.39 is 0 Å². The molecule has 2 amide bonds. The largest absolute Gasteiger partial charge is 0.497 e. The molecule has 1 fully saturated rings. The van der Waals surface area contributed by atoms with Crippen molar-refractivity contribution in [3.63, 3.8) is 0 Å². The molecule has 0 spiro atoms. The summed E-state index contributed by atoms with van der Waals surface area (Å²) in [5.41, 5.74) is 3.52. The number of aryl methyl sites for hydroxylation is 2. The highest BCUT2D eigenvalue weighted by Gasteiger charge is 2.30. The summed E-state index contributed by atoms with van der Waals surface area (Å²) in [6, 6.07) is 15.5. The molecule has 144 valence electrons. The van der Waals surface area contributed by atoms with Gasteiger partial charge in [-0.2, -0.15) is 0 Å². The summed E-state index contributed by atoms with van der Waals surface area (Å²) in [5.74, 6) is 0.549. The summed E-state index contributed by atoms with van der Waals surface area (Å²) in [5, 5.41) is 0.969. The number of rotatable bonds is 3. The van der Waals surface area contributed by atoms with Gasteiger partial charge in [0.1, 0.15) is 18.0 Å². The predicted octanol–water partition coefficient (Wildman–Crippen LogP) is 2.98. The van der Waals surface area contributed by atoms with Gasteiger partial charge in [-0.1, -0.05) is 17.7 Å². The number of amides is 2. The van der Waals surface area contributed by atoms with Crippen LogP contribution in [0, 0.1) is 6.92 Å². The minimum Gasteiger partial charge on any atom is -0.497 e. The third kappa shape index (κ3) is 3.11. The van der Waals surface area contributed by atoms with E-state index in [1.807, 2.05) is 67.1 Å². The van der Waals surface area contributed by atoms with E-state index in [0.29, 0.717) is 18.8 Å². The smallest absolute Gasteiger partial charge is 0.271 e. The normalized spacial score (nSPS) is 14.6. The van der Waals surface area contributed by atoms with Crippen molar-refractivity contribution < 1.29 is 14.3 Å². The van der Waals surface area contributed by atoms with Crippen LogP contribution in [-0.2, 0) is 11.8 Å². The van der Waals surface area contributed by atoms with Crippen LogP contribution in [0.25, 0.3) is 10.9 Å².